The SMILES string of the molecule is CCCC1(C)CCCN(C(=NC)NCC(=O)NC(C)(C)C)C1. The van der Waals surface area contributed by atoms with Crippen LogP contribution in [0.25, 0.3) is 0 Å². The van der Waals surface area contributed by atoms with Gasteiger partial charge in [0.2, 0.25) is 5.91 Å². The number of piperidine rings is 1. The maximum atomic E-state index is 11.9. The summed E-state index contributed by atoms with van der Waals surface area (Å²) in [6, 6.07) is 0. The number of likely N-dealkylation sites (tertiary alicyclic amines) is 1. The summed E-state index contributed by atoms with van der Waals surface area (Å²) in [4.78, 5) is 18.6. The van der Waals surface area contributed by atoms with Crippen LogP contribution in [0.5, 0.6) is 0 Å². The summed E-state index contributed by atoms with van der Waals surface area (Å²) >= 11 is 0. The molecule has 0 aromatic heterocycles. The Morgan fingerprint density at radius 2 is 2.05 bits per heavy atom. The first-order valence-electron chi connectivity index (χ1n) is 8.46. The lowest BCUT2D eigenvalue weighted by atomic mass is 9.78. The Balaban J connectivity index is 2.56. The van der Waals surface area contributed by atoms with Gasteiger partial charge in [0.1, 0.15) is 0 Å². The molecule has 1 aliphatic rings. The van der Waals surface area contributed by atoms with Crippen LogP contribution in [-0.2, 0) is 4.79 Å². The van der Waals surface area contributed by atoms with Gasteiger partial charge in [-0.2, -0.15) is 0 Å². The summed E-state index contributed by atoms with van der Waals surface area (Å²) in [5, 5.41) is 6.17. The zero-order valence-corrected chi connectivity index (χ0v) is 15.3. The van der Waals surface area contributed by atoms with Crippen molar-refractivity contribution in [1.82, 2.24) is 15.5 Å². The predicted molar refractivity (Wildman–Crippen MR) is 93.1 cm³/mol. The lowest BCUT2D eigenvalue weighted by Gasteiger charge is -2.42. The molecule has 0 aromatic rings. The molecule has 0 radical (unpaired) electrons. The molecule has 0 aromatic carbocycles. The zero-order chi connectivity index (χ0) is 16.8. The Kier molecular flexibility index (Phi) is 6.69. The summed E-state index contributed by atoms with van der Waals surface area (Å²) < 4.78 is 0. The van der Waals surface area contributed by atoms with Crippen LogP contribution in [0.3, 0.4) is 0 Å². The van der Waals surface area contributed by atoms with E-state index in [1.165, 1.54) is 25.7 Å². The van der Waals surface area contributed by atoms with E-state index in [1.54, 1.807) is 7.05 Å². The molecule has 1 fully saturated rings. The first-order chi connectivity index (χ1) is 10.2. The highest BCUT2D eigenvalue weighted by Gasteiger charge is 2.31. The molecule has 5 heteroatoms. The third-order valence-corrected chi connectivity index (χ3v) is 4.07. The second-order valence-electron chi connectivity index (χ2n) is 7.78. The number of guanidine groups is 1. The molecule has 22 heavy (non-hydrogen) atoms. The van der Waals surface area contributed by atoms with Crippen molar-refractivity contribution in [2.45, 2.75) is 65.8 Å². The maximum Gasteiger partial charge on any atom is 0.239 e. The van der Waals surface area contributed by atoms with Crippen LogP contribution in [0.4, 0.5) is 0 Å². The normalized spacial score (nSPS) is 23.4. The number of hydrogen-bond donors (Lipinski definition) is 2. The highest BCUT2D eigenvalue weighted by atomic mass is 16.2. The van der Waals surface area contributed by atoms with Gasteiger partial charge in [0.15, 0.2) is 5.96 Å². The number of nitrogens with zero attached hydrogens (tertiary/aromatic N) is 2. The van der Waals surface area contributed by atoms with Crippen LogP contribution >= 0.6 is 0 Å². The molecule has 1 aliphatic heterocycles. The van der Waals surface area contributed by atoms with Crippen molar-refractivity contribution in [3.05, 3.63) is 0 Å². The number of nitrogens with one attached hydrogen (secondary N) is 2. The van der Waals surface area contributed by atoms with Gasteiger partial charge in [-0.05, 0) is 45.4 Å². The van der Waals surface area contributed by atoms with Crippen LogP contribution in [0.2, 0.25) is 0 Å². The smallest absolute Gasteiger partial charge is 0.239 e. The quantitative estimate of drug-likeness (QED) is 0.619. The van der Waals surface area contributed by atoms with E-state index in [-0.39, 0.29) is 18.0 Å². The monoisotopic (exact) mass is 310 g/mol. The van der Waals surface area contributed by atoms with Crippen molar-refractivity contribution in [2.75, 3.05) is 26.7 Å². The molecule has 1 saturated heterocycles. The van der Waals surface area contributed by atoms with Gasteiger partial charge < -0.3 is 15.5 Å². The van der Waals surface area contributed by atoms with E-state index in [2.05, 4.69) is 34.4 Å². The fourth-order valence-corrected chi connectivity index (χ4v) is 3.26. The first-order valence-corrected chi connectivity index (χ1v) is 8.46. The third kappa shape index (κ3) is 6.24. The molecule has 0 saturated carbocycles. The standard InChI is InChI=1S/C17H34N4O/c1-7-9-17(5)10-8-11-21(13-17)15(18-6)19-12-14(22)20-16(2,3)4/h7-13H2,1-6H3,(H,18,19)(H,20,22). The largest absolute Gasteiger partial charge is 0.350 e. The number of aliphatic imine (C=N–C) groups is 1. The molecule has 1 heterocycles. The van der Waals surface area contributed by atoms with Gasteiger partial charge >= 0.3 is 0 Å². The summed E-state index contributed by atoms with van der Waals surface area (Å²) in [6.45, 7) is 12.9. The number of carbonyl (C=O) groups is 1. The lowest BCUT2D eigenvalue weighted by molar-refractivity contribution is -0.121. The maximum absolute atomic E-state index is 11.9. The fourth-order valence-electron chi connectivity index (χ4n) is 3.26. The molecular weight excluding hydrogens is 276 g/mol. The van der Waals surface area contributed by atoms with E-state index in [9.17, 15) is 4.79 Å². The van der Waals surface area contributed by atoms with Crippen LogP contribution in [0.15, 0.2) is 4.99 Å². The average molecular weight is 310 g/mol. The summed E-state index contributed by atoms with van der Waals surface area (Å²) in [6.07, 6.45) is 4.92. The summed E-state index contributed by atoms with van der Waals surface area (Å²) in [5.41, 5.74) is 0.158. The molecule has 5 nitrogen and oxygen atoms in total. The van der Waals surface area contributed by atoms with Crippen LogP contribution < -0.4 is 10.6 Å². The molecule has 0 spiro atoms. The van der Waals surface area contributed by atoms with Crippen LogP contribution in [-0.4, -0.2) is 49.0 Å². The van der Waals surface area contributed by atoms with Gasteiger partial charge in [-0.1, -0.05) is 20.3 Å². The molecule has 1 atom stereocenters. The average Bonchev–Trinajstić information content (AvgIpc) is 2.37. The van der Waals surface area contributed by atoms with Gasteiger partial charge in [-0.25, -0.2) is 0 Å². The minimum absolute atomic E-state index is 0.00183. The van der Waals surface area contributed by atoms with E-state index in [0.29, 0.717) is 5.41 Å². The van der Waals surface area contributed by atoms with Gasteiger partial charge in [0.25, 0.3) is 0 Å². The van der Waals surface area contributed by atoms with Gasteiger partial charge in [0, 0.05) is 25.7 Å². The zero-order valence-electron chi connectivity index (χ0n) is 15.3. The minimum Gasteiger partial charge on any atom is -0.350 e. The van der Waals surface area contributed by atoms with Gasteiger partial charge in [-0.3, -0.25) is 9.79 Å². The number of amides is 1. The van der Waals surface area contributed by atoms with Crippen molar-refractivity contribution in [3.8, 4) is 0 Å². The van der Waals surface area contributed by atoms with E-state index in [1.807, 2.05) is 20.8 Å². The molecule has 128 valence electrons. The van der Waals surface area contributed by atoms with Crippen molar-refractivity contribution in [2.24, 2.45) is 10.4 Å². The second kappa shape index (κ2) is 7.84. The Bertz CT molecular complexity index is 396. The van der Waals surface area contributed by atoms with E-state index in [0.717, 1.165) is 19.0 Å². The van der Waals surface area contributed by atoms with Crippen molar-refractivity contribution in [1.29, 1.82) is 0 Å². The number of rotatable bonds is 4. The first kappa shape index (κ1) is 18.8. The Labute approximate surface area is 135 Å². The topological polar surface area (TPSA) is 56.7 Å². The number of carbonyl (C=O) groups excluding carboxylic acids is 1. The fraction of sp³-hybridized carbons (Fsp3) is 0.882. The summed E-state index contributed by atoms with van der Waals surface area (Å²) in [7, 11) is 1.79. The molecule has 1 rings (SSSR count). The van der Waals surface area contributed by atoms with Gasteiger partial charge in [-0.15, -0.1) is 0 Å². The Morgan fingerprint density at radius 1 is 1.36 bits per heavy atom. The van der Waals surface area contributed by atoms with E-state index in [4.69, 9.17) is 0 Å². The van der Waals surface area contributed by atoms with Crippen molar-refractivity contribution < 1.29 is 4.79 Å². The second-order valence-corrected chi connectivity index (χ2v) is 7.78. The third-order valence-electron chi connectivity index (χ3n) is 4.07. The van der Waals surface area contributed by atoms with Gasteiger partial charge in [0.05, 0.1) is 6.54 Å². The van der Waals surface area contributed by atoms with Crippen molar-refractivity contribution >= 4 is 11.9 Å². The molecule has 0 aliphatic carbocycles. The number of hydrogen-bond acceptors (Lipinski definition) is 2. The Morgan fingerprint density at radius 3 is 2.59 bits per heavy atom. The molecule has 1 amide bonds. The highest BCUT2D eigenvalue weighted by Crippen LogP contribution is 2.33. The van der Waals surface area contributed by atoms with E-state index >= 15 is 0 Å². The van der Waals surface area contributed by atoms with Crippen LogP contribution in [0, 0.1) is 5.41 Å². The molecule has 2 N–H and O–H groups in total. The predicted octanol–water partition coefficient (Wildman–Crippen LogP) is 2.38. The van der Waals surface area contributed by atoms with E-state index < -0.39 is 0 Å². The Hall–Kier alpha value is -1.26. The van der Waals surface area contributed by atoms with Crippen LogP contribution in [0.1, 0.15) is 60.3 Å². The molecular formula is C17H34N4O. The molecule has 1 unspecified atom stereocenters. The lowest BCUT2D eigenvalue weighted by Crippen LogP contribution is -2.52. The minimum atomic E-state index is -0.201. The highest BCUT2D eigenvalue weighted by molar-refractivity contribution is 5.86. The van der Waals surface area contributed by atoms with Crippen molar-refractivity contribution in [3.63, 3.8) is 0 Å². The summed E-state index contributed by atoms with van der Waals surface area (Å²) in [5.74, 6) is 0.841. The molecule has 0 bridgehead atoms.